The van der Waals surface area contributed by atoms with Crippen molar-refractivity contribution in [3.8, 4) is 0 Å². The van der Waals surface area contributed by atoms with E-state index in [1.807, 2.05) is 24.4 Å². The van der Waals surface area contributed by atoms with Crippen molar-refractivity contribution in [2.45, 2.75) is 37.9 Å². The van der Waals surface area contributed by atoms with E-state index in [9.17, 15) is 4.79 Å². The fourth-order valence-corrected chi connectivity index (χ4v) is 3.85. The van der Waals surface area contributed by atoms with Crippen molar-refractivity contribution in [3.05, 3.63) is 66.0 Å². The zero-order valence-electron chi connectivity index (χ0n) is 15.8. The van der Waals surface area contributed by atoms with E-state index in [0.717, 1.165) is 57.7 Å². The number of pyridine rings is 1. The van der Waals surface area contributed by atoms with Gasteiger partial charge in [-0.05, 0) is 30.5 Å². The lowest BCUT2D eigenvalue weighted by Gasteiger charge is -2.32. The highest BCUT2D eigenvalue weighted by molar-refractivity contribution is 5.84. The number of hydrogen-bond donors (Lipinski definition) is 1. The van der Waals surface area contributed by atoms with Gasteiger partial charge in [0.1, 0.15) is 6.04 Å². The van der Waals surface area contributed by atoms with Gasteiger partial charge in [-0.25, -0.2) is 0 Å². The molecule has 0 bridgehead atoms. The Kier molecular flexibility index (Phi) is 5.80. The normalized spacial score (nSPS) is 23.1. The number of aromatic nitrogens is 1. The van der Waals surface area contributed by atoms with Gasteiger partial charge in [0, 0.05) is 57.1 Å². The number of rotatable bonds is 7. The van der Waals surface area contributed by atoms with Gasteiger partial charge < -0.3 is 5.32 Å². The monoisotopic (exact) mass is 364 g/mol. The quantitative estimate of drug-likeness (QED) is 0.765. The van der Waals surface area contributed by atoms with Crippen LogP contribution in [-0.2, 0) is 17.8 Å². The predicted octanol–water partition coefficient (Wildman–Crippen LogP) is 2.09. The third-order valence-electron chi connectivity index (χ3n) is 5.58. The number of hydrogen-bond acceptors (Lipinski definition) is 4. The van der Waals surface area contributed by atoms with Gasteiger partial charge in [0.15, 0.2) is 0 Å². The van der Waals surface area contributed by atoms with Crippen LogP contribution in [-0.4, -0.2) is 59.0 Å². The first-order chi connectivity index (χ1) is 13.3. The largest absolute Gasteiger partial charge is 0.352 e. The van der Waals surface area contributed by atoms with Crippen LogP contribution in [0.4, 0.5) is 0 Å². The Hall–Kier alpha value is -2.24. The average Bonchev–Trinajstić information content (AvgIpc) is 3.49. The van der Waals surface area contributed by atoms with E-state index in [1.165, 1.54) is 5.56 Å². The van der Waals surface area contributed by atoms with Gasteiger partial charge in [0.2, 0.25) is 5.91 Å². The summed E-state index contributed by atoms with van der Waals surface area (Å²) >= 11 is 0. The summed E-state index contributed by atoms with van der Waals surface area (Å²) in [4.78, 5) is 21.5. The van der Waals surface area contributed by atoms with Crippen molar-refractivity contribution in [1.29, 1.82) is 0 Å². The third-order valence-corrected chi connectivity index (χ3v) is 5.58. The molecule has 1 aromatic heterocycles. The summed E-state index contributed by atoms with van der Waals surface area (Å²) in [5.41, 5.74) is 2.45. The standard InChI is InChI=1S/C22H28N4O/c27-22(21-17-26(21)15-11-19-8-4-5-12-23-19)24-20-9-13-25(14-10-20)16-18-6-2-1-3-7-18/h1-8,12,20-21H,9-11,13-17H2,(H,24,27). The first-order valence-electron chi connectivity index (χ1n) is 9.98. The molecule has 0 radical (unpaired) electrons. The molecule has 2 saturated heterocycles. The van der Waals surface area contributed by atoms with E-state index in [4.69, 9.17) is 0 Å². The van der Waals surface area contributed by atoms with Crippen molar-refractivity contribution >= 4 is 5.91 Å². The molecule has 5 heteroatoms. The second-order valence-electron chi connectivity index (χ2n) is 7.63. The Balaban J connectivity index is 1.15. The molecular formula is C22H28N4O. The van der Waals surface area contributed by atoms with Crippen LogP contribution in [0.2, 0.25) is 0 Å². The second-order valence-corrected chi connectivity index (χ2v) is 7.63. The Bertz CT molecular complexity index is 728. The van der Waals surface area contributed by atoms with Gasteiger partial charge in [0.25, 0.3) is 0 Å². The Morgan fingerprint density at radius 3 is 2.59 bits per heavy atom. The molecule has 2 atom stereocenters. The number of likely N-dealkylation sites (tertiary alicyclic amines) is 1. The highest BCUT2D eigenvalue weighted by atomic mass is 16.2. The number of carbonyl (C=O) groups is 1. The van der Waals surface area contributed by atoms with Crippen LogP contribution in [0.3, 0.4) is 0 Å². The maximum absolute atomic E-state index is 12.5. The zero-order valence-corrected chi connectivity index (χ0v) is 15.8. The smallest absolute Gasteiger partial charge is 0.238 e. The molecule has 2 fully saturated rings. The molecule has 2 aromatic rings. The van der Waals surface area contributed by atoms with Gasteiger partial charge in [-0.3, -0.25) is 19.6 Å². The second kappa shape index (κ2) is 8.63. The first kappa shape index (κ1) is 18.1. The molecule has 2 aliphatic rings. The van der Waals surface area contributed by atoms with Gasteiger partial charge in [0.05, 0.1) is 0 Å². The Morgan fingerprint density at radius 1 is 1.07 bits per heavy atom. The summed E-state index contributed by atoms with van der Waals surface area (Å²) in [5.74, 6) is 0.206. The van der Waals surface area contributed by atoms with Crippen LogP contribution in [0.25, 0.3) is 0 Å². The predicted molar refractivity (Wildman–Crippen MR) is 106 cm³/mol. The molecule has 5 nitrogen and oxygen atoms in total. The fraction of sp³-hybridized carbons (Fsp3) is 0.455. The molecule has 4 rings (SSSR count). The van der Waals surface area contributed by atoms with E-state index in [2.05, 4.69) is 50.4 Å². The molecule has 142 valence electrons. The number of piperidine rings is 1. The zero-order chi connectivity index (χ0) is 18.5. The molecule has 2 unspecified atom stereocenters. The van der Waals surface area contributed by atoms with Crippen LogP contribution in [0.5, 0.6) is 0 Å². The van der Waals surface area contributed by atoms with Crippen LogP contribution in [0.1, 0.15) is 24.1 Å². The lowest BCUT2D eigenvalue weighted by Crippen LogP contribution is -2.46. The number of nitrogens with zero attached hydrogens (tertiary/aromatic N) is 3. The molecule has 27 heavy (non-hydrogen) atoms. The van der Waals surface area contributed by atoms with E-state index in [1.54, 1.807) is 0 Å². The van der Waals surface area contributed by atoms with Crippen LogP contribution < -0.4 is 5.32 Å². The summed E-state index contributed by atoms with van der Waals surface area (Å²) in [6.07, 6.45) is 4.81. The van der Waals surface area contributed by atoms with Crippen molar-refractivity contribution in [2.75, 3.05) is 26.2 Å². The van der Waals surface area contributed by atoms with Crippen molar-refractivity contribution in [3.63, 3.8) is 0 Å². The van der Waals surface area contributed by atoms with Gasteiger partial charge in [-0.2, -0.15) is 0 Å². The SMILES string of the molecule is O=C(NC1CCN(Cc2ccccc2)CC1)C1CN1CCc1ccccn1. The van der Waals surface area contributed by atoms with Gasteiger partial charge in [-0.15, -0.1) is 0 Å². The summed E-state index contributed by atoms with van der Waals surface area (Å²) in [6, 6.07) is 17.0. The first-order valence-corrected chi connectivity index (χ1v) is 9.98. The summed E-state index contributed by atoms with van der Waals surface area (Å²) < 4.78 is 0. The fourth-order valence-electron chi connectivity index (χ4n) is 3.85. The molecule has 3 heterocycles. The maximum Gasteiger partial charge on any atom is 0.238 e. The minimum atomic E-state index is 0.0658. The van der Waals surface area contributed by atoms with Crippen LogP contribution in [0, 0.1) is 0 Å². The number of benzene rings is 1. The molecule has 1 N–H and O–H groups in total. The van der Waals surface area contributed by atoms with Crippen molar-refractivity contribution in [1.82, 2.24) is 20.1 Å². The number of carbonyl (C=O) groups excluding carboxylic acids is 1. The van der Waals surface area contributed by atoms with E-state index < -0.39 is 0 Å². The summed E-state index contributed by atoms with van der Waals surface area (Å²) in [7, 11) is 0. The lowest BCUT2D eigenvalue weighted by molar-refractivity contribution is -0.122. The van der Waals surface area contributed by atoms with Crippen molar-refractivity contribution in [2.24, 2.45) is 0 Å². The molecule has 2 aliphatic heterocycles. The Labute approximate surface area is 161 Å². The third kappa shape index (κ3) is 5.15. The molecular weight excluding hydrogens is 336 g/mol. The topological polar surface area (TPSA) is 48.2 Å². The highest BCUT2D eigenvalue weighted by Crippen LogP contribution is 2.20. The van der Waals surface area contributed by atoms with E-state index in [0.29, 0.717) is 6.04 Å². The van der Waals surface area contributed by atoms with E-state index >= 15 is 0 Å². The van der Waals surface area contributed by atoms with Gasteiger partial charge in [-0.1, -0.05) is 36.4 Å². The summed E-state index contributed by atoms with van der Waals surface area (Å²) in [6.45, 7) is 4.89. The van der Waals surface area contributed by atoms with E-state index in [-0.39, 0.29) is 11.9 Å². The minimum absolute atomic E-state index is 0.0658. The Morgan fingerprint density at radius 2 is 1.85 bits per heavy atom. The van der Waals surface area contributed by atoms with Crippen LogP contribution in [0.15, 0.2) is 54.7 Å². The average molecular weight is 364 g/mol. The molecule has 0 saturated carbocycles. The molecule has 0 spiro atoms. The summed E-state index contributed by atoms with van der Waals surface area (Å²) in [5, 5.41) is 3.27. The molecule has 1 aromatic carbocycles. The highest BCUT2D eigenvalue weighted by Gasteiger charge is 2.40. The van der Waals surface area contributed by atoms with Crippen molar-refractivity contribution < 1.29 is 4.79 Å². The molecule has 1 amide bonds. The maximum atomic E-state index is 12.5. The van der Waals surface area contributed by atoms with Crippen LogP contribution >= 0.6 is 0 Å². The van der Waals surface area contributed by atoms with Gasteiger partial charge >= 0.3 is 0 Å². The minimum Gasteiger partial charge on any atom is -0.352 e. The number of nitrogens with one attached hydrogen (secondary N) is 1. The lowest BCUT2D eigenvalue weighted by atomic mass is 10.0. The number of amides is 1. The molecule has 0 aliphatic carbocycles.